The van der Waals surface area contributed by atoms with E-state index < -0.39 is 0 Å². The van der Waals surface area contributed by atoms with E-state index in [-0.39, 0.29) is 11.6 Å². The Balaban J connectivity index is 1.72. The molecule has 0 unspecified atom stereocenters. The minimum atomic E-state index is 0.000879. The van der Waals surface area contributed by atoms with Crippen LogP contribution in [0.1, 0.15) is 19.8 Å². The number of thioether (sulfide) groups is 1. The fraction of sp³-hybridized carbons (Fsp3) is 0.500. The summed E-state index contributed by atoms with van der Waals surface area (Å²) in [4.78, 5) is 12.4. The van der Waals surface area contributed by atoms with Gasteiger partial charge in [-0.2, -0.15) is 16.9 Å². The van der Waals surface area contributed by atoms with Crippen LogP contribution in [0.5, 0.6) is 0 Å². The summed E-state index contributed by atoms with van der Waals surface area (Å²) >= 11 is 2.03. The number of nitrogens with zero attached hydrogens (tertiary/aromatic N) is 2. The van der Waals surface area contributed by atoms with Crippen LogP contribution in [0.2, 0.25) is 0 Å². The Hall–Kier alpha value is -1.33. The van der Waals surface area contributed by atoms with E-state index >= 15 is 0 Å². The second kappa shape index (κ2) is 6.62. The SMILES string of the molecule is C[C@@H](Cn1ncc2ccccc2c1=O)NC1CCSCC1. The molecule has 4 nitrogen and oxygen atoms in total. The number of hydrogen-bond acceptors (Lipinski definition) is 4. The molecule has 2 heterocycles. The van der Waals surface area contributed by atoms with Crippen molar-refractivity contribution < 1.29 is 0 Å². The Morgan fingerprint density at radius 2 is 2.14 bits per heavy atom. The first-order chi connectivity index (χ1) is 10.2. The first-order valence-electron chi connectivity index (χ1n) is 7.52. The molecule has 1 fully saturated rings. The molecule has 1 saturated heterocycles. The third-order valence-corrected chi connectivity index (χ3v) is 5.00. The maximum atomic E-state index is 12.4. The molecule has 1 N–H and O–H groups in total. The lowest BCUT2D eigenvalue weighted by atomic mass is 10.1. The smallest absolute Gasteiger partial charge is 0.274 e. The molecule has 1 aromatic heterocycles. The van der Waals surface area contributed by atoms with Crippen LogP contribution in [0.4, 0.5) is 0 Å². The van der Waals surface area contributed by atoms with Gasteiger partial charge < -0.3 is 5.32 Å². The van der Waals surface area contributed by atoms with Crippen LogP contribution in [0.15, 0.2) is 35.3 Å². The normalized spacial score (nSPS) is 18.0. The van der Waals surface area contributed by atoms with Crippen molar-refractivity contribution in [1.82, 2.24) is 15.1 Å². The number of aromatic nitrogens is 2. The topological polar surface area (TPSA) is 46.9 Å². The molecular formula is C16H21N3OS. The van der Waals surface area contributed by atoms with Crippen molar-refractivity contribution in [2.75, 3.05) is 11.5 Å². The molecular weight excluding hydrogens is 282 g/mol. The first-order valence-corrected chi connectivity index (χ1v) is 8.68. The lowest BCUT2D eigenvalue weighted by Crippen LogP contribution is -2.42. The summed E-state index contributed by atoms with van der Waals surface area (Å²) < 4.78 is 1.58. The lowest BCUT2D eigenvalue weighted by Gasteiger charge is -2.26. The van der Waals surface area contributed by atoms with Gasteiger partial charge in [0.25, 0.3) is 5.56 Å². The highest BCUT2D eigenvalue weighted by molar-refractivity contribution is 7.99. The van der Waals surface area contributed by atoms with E-state index in [1.165, 1.54) is 24.3 Å². The van der Waals surface area contributed by atoms with Crippen molar-refractivity contribution in [3.8, 4) is 0 Å². The number of nitrogens with one attached hydrogen (secondary N) is 1. The zero-order chi connectivity index (χ0) is 14.7. The van der Waals surface area contributed by atoms with Crippen LogP contribution in [-0.2, 0) is 6.54 Å². The van der Waals surface area contributed by atoms with Gasteiger partial charge in [0, 0.05) is 17.5 Å². The fourth-order valence-corrected chi connectivity index (χ4v) is 3.94. The summed E-state index contributed by atoms with van der Waals surface area (Å²) in [5, 5.41) is 9.58. The van der Waals surface area contributed by atoms with Gasteiger partial charge in [0.2, 0.25) is 0 Å². The highest BCUT2D eigenvalue weighted by Crippen LogP contribution is 2.17. The molecule has 0 amide bonds. The largest absolute Gasteiger partial charge is 0.310 e. The maximum Gasteiger partial charge on any atom is 0.274 e. The zero-order valence-electron chi connectivity index (χ0n) is 12.3. The average Bonchev–Trinajstić information content (AvgIpc) is 2.51. The summed E-state index contributed by atoms with van der Waals surface area (Å²) in [5.74, 6) is 2.47. The molecule has 3 rings (SSSR count). The first kappa shape index (κ1) is 14.6. The van der Waals surface area contributed by atoms with E-state index in [2.05, 4.69) is 17.3 Å². The Morgan fingerprint density at radius 3 is 2.95 bits per heavy atom. The molecule has 21 heavy (non-hydrogen) atoms. The van der Waals surface area contributed by atoms with Gasteiger partial charge in [-0.3, -0.25) is 4.79 Å². The second-order valence-corrected chi connectivity index (χ2v) is 6.90. The highest BCUT2D eigenvalue weighted by Gasteiger charge is 2.16. The van der Waals surface area contributed by atoms with Crippen molar-refractivity contribution >= 4 is 22.5 Å². The van der Waals surface area contributed by atoms with E-state index in [0.29, 0.717) is 12.6 Å². The number of benzene rings is 1. The van der Waals surface area contributed by atoms with E-state index in [4.69, 9.17) is 0 Å². The maximum absolute atomic E-state index is 12.4. The van der Waals surface area contributed by atoms with Gasteiger partial charge >= 0.3 is 0 Å². The Morgan fingerprint density at radius 1 is 1.38 bits per heavy atom. The van der Waals surface area contributed by atoms with E-state index in [1.807, 2.05) is 36.0 Å². The minimum absolute atomic E-state index is 0.000879. The van der Waals surface area contributed by atoms with Gasteiger partial charge in [0.15, 0.2) is 0 Å². The van der Waals surface area contributed by atoms with Gasteiger partial charge in [-0.25, -0.2) is 4.68 Å². The molecule has 1 aliphatic rings. The van der Waals surface area contributed by atoms with Gasteiger partial charge in [-0.1, -0.05) is 18.2 Å². The second-order valence-electron chi connectivity index (χ2n) is 5.67. The summed E-state index contributed by atoms with van der Waals surface area (Å²) in [7, 11) is 0. The van der Waals surface area contributed by atoms with Gasteiger partial charge in [0.05, 0.1) is 18.1 Å². The average molecular weight is 303 g/mol. The standard InChI is InChI=1S/C16H21N3OS/c1-12(18-14-6-8-21-9-7-14)11-19-16(20)15-5-3-2-4-13(15)10-17-19/h2-5,10,12,14,18H,6-9,11H2,1H3/t12-/m0/s1. The van der Waals surface area contributed by atoms with E-state index in [1.54, 1.807) is 10.9 Å². The van der Waals surface area contributed by atoms with Gasteiger partial charge in [-0.05, 0) is 37.3 Å². The predicted octanol–water partition coefficient (Wildman–Crippen LogP) is 2.27. The van der Waals surface area contributed by atoms with E-state index in [0.717, 1.165) is 10.8 Å². The van der Waals surface area contributed by atoms with Crippen LogP contribution >= 0.6 is 11.8 Å². The van der Waals surface area contributed by atoms with Crippen LogP contribution < -0.4 is 10.9 Å². The molecule has 5 heteroatoms. The summed E-state index contributed by atoms with van der Waals surface area (Å²) in [6.45, 7) is 2.75. The van der Waals surface area contributed by atoms with Crippen molar-refractivity contribution in [3.05, 3.63) is 40.8 Å². The molecule has 0 bridgehead atoms. The van der Waals surface area contributed by atoms with Crippen LogP contribution in [0, 0.1) is 0 Å². The molecule has 0 radical (unpaired) electrons. The molecule has 0 spiro atoms. The molecule has 1 aromatic carbocycles. The number of rotatable bonds is 4. The van der Waals surface area contributed by atoms with Crippen LogP contribution in [0.3, 0.4) is 0 Å². The third kappa shape index (κ3) is 3.47. The Kier molecular flexibility index (Phi) is 4.60. The summed E-state index contributed by atoms with van der Waals surface area (Å²) in [6.07, 6.45) is 4.21. The minimum Gasteiger partial charge on any atom is -0.310 e. The third-order valence-electron chi connectivity index (χ3n) is 3.95. The van der Waals surface area contributed by atoms with Crippen molar-refractivity contribution in [1.29, 1.82) is 0 Å². The monoisotopic (exact) mass is 303 g/mol. The fourth-order valence-electron chi connectivity index (χ4n) is 2.84. The van der Waals surface area contributed by atoms with Crippen LogP contribution in [-0.4, -0.2) is 33.4 Å². The molecule has 112 valence electrons. The summed E-state index contributed by atoms with van der Waals surface area (Å²) in [5.41, 5.74) is 0.000879. The zero-order valence-corrected chi connectivity index (χ0v) is 13.1. The van der Waals surface area contributed by atoms with Gasteiger partial charge in [-0.15, -0.1) is 0 Å². The quantitative estimate of drug-likeness (QED) is 0.941. The lowest BCUT2D eigenvalue weighted by molar-refractivity contribution is 0.374. The van der Waals surface area contributed by atoms with Crippen LogP contribution in [0.25, 0.3) is 10.8 Å². The molecule has 1 aliphatic heterocycles. The van der Waals surface area contributed by atoms with Crippen molar-refractivity contribution in [3.63, 3.8) is 0 Å². The number of fused-ring (bicyclic) bond motifs is 1. The highest BCUT2D eigenvalue weighted by atomic mass is 32.2. The van der Waals surface area contributed by atoms with Crippen molar-refractivity contribution in [2.24, 2.45) is 0 Å². The van der Waals surface area contributed by atoms with E-state index in [9.17, 15) is 4.79 Å². The molecule has 1 atom stereocenters. The molecule has 2 aromatic rings. The molecule has 0 aliphatic carbocycles. The molecule has 0 saturated carbocycles. The predicted molar refractivity (Wildman–Crippen MR) is 88.9 cm³/mol. The van der Waals surface area contributed by atoms with Gasteiger partial charge in [0.1, 0.15) is 0 Å². The summed E-state index contributed by atoms with van der Waals surface area (Å²) in [6, 6.07) is 8.46. The van der Waals surface area contributed by atoms with Crippen molar-refractivity contribution in [2.45, 2.75) is 38.4 Å². The Bertz CT molecular complexity index is 664. The Labute approximate surface area is 128 Å². The number of hydrogen-bond donors (Lipinski definition) is 1.